The first-order valence-electron chi connectivity index (χ1n) is 5.16. The van der Waals surface area contributed by atoms with Crippen LogP contribution in [0.4, 0.5) is 0 Å². The molecule has 1 fully saturated rings. The topological polar surface area (TPSA) is 92.4 Å². The number of hydrogen-bond donors (Lipinski definition) is 3. The molecule has 0 heterocycles. The Morgan fingerprint density at radius 3 is 2.33 bits per heavy atom. The maximum absolute atomic E-state index is 11.8. The molecule has 1 aliphatic rings. The Kier molecular flexibility index (Phi) is 3.04. The fraction of sp³-hybridized carbons (Fsp3) is 0.800. The summed E-state index contributed by atoms with van der Waals surface area (Å²) in [5, 5.41) is 11.5. The van der Waals surface area contributed by atoms with Gasteiger partial charge in [0.05, 0.1) is 5.41 Å². The molecule has 0 spiro atoms. The molecule has 1 amide bonds. The van der Waals surface area contributed by atoms with Crippen LogP contribution in [0, 0.1) is 5.41 Å². The van der Waals surface area contributed by atoms with Gasteiger partial charge in [0.25, 0.3) is 0 Å². The van der Waals surface area contributed by atoms with Crippen molar-refractivity contribution in [3.05, 3.63) is 0 Å². The quantitative estimate of drug-likeness (QED) is 0.605. The zero-order chi connectivity index (χ0) is 11.7. The first-order chi connectivity index (χ1) is 6.90. The van der Waals surface area contributed by atoms with E-state index in [1.165, 1.54) is 0 Å². The Hall–Kier alpha value is -1.10. The number of nitrogens with two attached hydrogens (primary N) is 1. The van der Waals surface area contributed by atoms with Gasteiger partial charge in [-0.15, -0.1) is 0 Å². The van der Waals surface area contributed by atoms with E-state index in [1.54, 1.807) is 6.92 Å². The predicted molar refractivity (Wildman–Crippen MR) is 55.2 cm³/mol. The van der Waals surface area contributed by atoms with Crippen molar-refractivity contribution in [1.29, 1.82) is 0 Å². The zero-order valence-corrected chi connectivity index (χ0v) is 9.17. The highest BCUT2D eigenvalue weighted by molar-refractivity contribution is 5.91. The smallest absolute Gasteiger partial charge is 0.329 e. The van der Waals surface area contributed by atoms with Gasteiger partial charge in [-0.1, -0.05) is 6.92 Å². The van der Waals surface area contributed by atoms with Gasteiger partial charge < -0.3 is 16.2 Å². The van der Waals surface area contributed by atoms with Crippen molar-refractivity contribution in [2.75, 3.05) is 6.54 Å². The van der Waals surface area contributed by atoms with Crippen LogP contribution in [0.1, 0.15) is 33.1 Å². The molecule has 86 valence electrons. The highest BCUT2D eigenvalue weighted by Gasteiger charge is 2.53. The number of rotatable bonds is 5. The molecule has 0 aromatic carbocycles. The molecule has 0 aromatic heterocycles. The van der Waals surface area contributed by atoms with Gasteiger partial charge in [0.15, 0.2) is 0 Å². The third-order valence-electron chi connectivity index (χ3n) is 3.29. The van der Waals surface area contributed by atoms with Gasteiger partial charge in [-0.3, -0.25) is 4.79 Å². The van der Waals surface area contributed by atoms with Crippen molar-refractivity contribution in [2.45, 2.75) is 38.6 Å². The molecule has 5 nitrogen and oxygen atoms in total. The van der Waals surface area contributed by atoms with Crippen molar-refractivity contribution in [3.63, 3.8) is 0 Å². The molecule has 4 N–H and O–H groups in total. The van der Waals surface area contributed by atoms with E-state index in [0.717, 1.165) is 0 Å². The van der Waals surface area contributed by atoms with Crippen LogP contribution in [0.2, 0.25) is 0 Å². The number of aliphatic carboxylic acids is 1. The highest BCUT2D eigenvalue weighted by atomic mass is 16.4. The second-order valence-electron chi connectivity index (χ2n) is 4.46. The van der Waals surface area contributed by atoms with Crippen molar-refractivity contribution < 1.29 is 14.7 Å². The average molecular weight is 214 g/mol. The van der Waals surface area contributed by atoms with Gasteiger partial charge in [0.1, 0.15) is 5.54 Å². The van der Waals surface area contributed by atoms with E-state index < -0.39 is 16.9 Å². The molecular formula is C10H18N2O3. The van der Waals surface area contributed by atoms with Gasteiger partial charge in [-0.2, -0.15) is 0 Å². The Labute approximate surface area is 89.0 Å². The summed E-state index contributed by atoms with van der Waals surface area (Å²) in [7, 11) is 0. The minimum atomic E-state index is -1.01. The molecule has 0 bridgehead atoms. The number of carboxylic acid groups (broad SMARTS) is 1. The van der Waals surface area contributed by atoms with Crippen LogP contribution in [-0.4, -0.2) is 29.1 Å². The van der Waals surface area contributed by atoms with E-state index >= 15 is 0 Å². The third-order valence-corrected chi connectivity index (χ3v) is 3.29. The molecule has 1 unspecified atom stereocenters. The summed E-state index contributed by atoms with van der Waals surface area (Å²) in [6.07, 6.45) is 1.63. The van der Waals surface area contributed by atoms with Crippen molar-refractivity contribution >= 4 is 11.9 Å². The predicted octanol–water partition coefficient (Wildman–Crippen LogP) is 0.0948. The highest BCUT2D eigenvalue weighted by Crippen LogP contribution is 2.36. The van der Waals surface area contributed by atoms with Crippen molar-refractivity contribution in [2.24, 2.45) is 11.1 Å². The van der Waals surface area contributed by atoms with Crippen LogP contribution in [0.3, 0.4) is 0 Å². The van der Waals surface area contributed by atoms with E-state index in [-0.39, 0.29) is 12.5 Å². The number of carboxylic acids is 1. The van der Waals surface area contributed by atoms with E-state index in [9.17, 15) is 9.59 Å². The summed E-state index contributed by atoms with van der Waals surface area (Å²) in [5.74, 6) is -1.21. The van der Waals surface area contributed by atoms with Crippen LogP contribution in [0.5, 0.6) is 0 Å². The Bertz CT molecular complexity index is 280. The fourth-order valence-electron chi connectivity index (χ4n) is 1.28. The second kappa shape index (κ2) is 3.81. The zero-order valence-electron chi connectivity index (χ0n) is 9.17. The Morgan fingerprint density at radius 2 is 2.07 bits per heavy atom. The summed E-state index contributed by atoms with van der Waals surface area (Å²) in [4.78, 5) is 22.7. The summed E-state index contributed by atoms with van der Waals surface area (Å²) >= 11 is 0. The number of carbonyl (C=O) groups is 2. The second-order valence-corrected chi connectivity index (χ2v) is 4.46. The number of carbonyl (C=O) groups excluding carboxylic acids is 1. The molecule has 1 rings (SSSR count). The molecule has 0 saturated heterocycles. The van der Waals surface area contributed by atoms with Gasteiger partial charge in [0.2, 0.25) is 5.91 Å². The number of hydrogen-bond acceptors (Lipinski definition) is 3. The number of amides is 1. The van der Waals surface area contributed by atoms with Crippen LogP contribution in [0.15, 0.2) is 0 Å². The summed E-state index contributed by atoms with van der Waals surface area (Å²) in [6.45, 7) is 3.85. The van der Waals surface area contributed by atoms with Gasteiger partial charge in [-0.25, -0.2) is 4.79 Å². The first-order valence-corrected chi connectivity index (χ1v) is 5.16. The fourth-order valence-corrected chi connectivity index (χ4v) is 1.28. The van der Waals surface area contributed by atoms with Crippen molar-refractivity contribution in [1.82, 2.24) is 5.32 Å². The van der Waals surface area contributed by atoms with Crippen LogP contribution < -0.4 is 11.1 Å². The van der Waals surface area contributed by atoms with Crippen LogP contribution >= 0.6 is 0 Å². The molecule has 1 aliphatic carbocycles. The first kappa shape index (κ1) is 12.0. The molecule has 1 saturated carbocycles. The van der Waals surface area contributed by atoms with Gasteiger partial charge in [-0.05, 0) is 26.2 Å². The minimum absolute atomic E-state index is 0.227. The lowest BCUT2D eigenvalue weighted by Crippen LogP contribution is -2.51. The summed E-state index contributed by atoms with van der Waals surface area (Å²) < 4.78 is 0. The minimum Gasteiger partial charge on any atom is -0.480 e. The molecule has 0 aliphatic heterocycles. The van der Waals surface area contributed by atoms with Crippen LogP contribution in [0.25, 0.3) is 0 Å². The molecule has 5 heteroatoms. The van der Waals surface area contributed by atoms with E-state index in [1.807, 2.05) is 6.92 Å². The normalized spacial score (nSPS) is 21.5. The third kappa shape index (κ3) is 2.12. The summed E-state index contributed by atoms with van der Waals surface area (Å²) in [5.41, 5.74) is 3.85. The molecule has 15 heavy (non-hydrogen) atoms. The molecule has 0 aromatic rings. The lowest BCUT2D eigenvalue weighted by Gasteiger charge is -2.27. The summed E-state index contributed by atoms with van der Waals surface area (Å²) in [6, 6.07) is 0. The van der Waals surface area contributed by atoms with E-state index in [4.69, 9.17) is 10.8 Å². The SMILES string of the molecule is CCC(C)(CN)C(=O)NC1(C(=O)O)CC1. The maximum Gasteiger partial charge on any atom is 0.329 e. The monoisotopic (exact) mass is 214 g/mol. The Balaban J connectivity index is 2.67. The average Bonchev–Trinajstić information content (AvgIpc) is 2.97. The maximum atomic E-state index is 11.8. The van der Waals surface area contributed by atoms with Gasteiger partial charge in [0, 0.05) is 6.54 Å². The lowest BCUT2D eigenvalue weighted by molar-refractivity contribution is -0.145. The number of nitrogens with one attached hydrogen (secondary N) is 1. The van der Waals surface area contributed by atoms with E-state index in [2.05, 4.69) is 5.32 Å². The lowest BCUT2D eigenvalue weighted by atomic mass is 9.86. The standard InChI is InChI=1S/C10H18N2O3/c1-3-9(2,6-11)7(13)12-10(4-5-10)8(14)15/h3-6,11H2,1-2H3,(H,12,13)(H,14,15). The Morgan fingerprint density at radius 1 is 1.53 bits per heavy atom. The van der Waals surface area contributed by atoms with E-state index in [0.29, 0.717) is 19.3 Å². The molecular weight excluding hydrogens is 196 g/mol. The largest absolute Gasteiger partial charge is 0.480 e. The van der Waals surface area contributed by atoms with Crippen LogP contribution in [-0.2, 0) is 9.59 Å². The van der Waals surface area contributed by atoms with Crippen molar-refractivity contribution in [3.8, 4) is 0 Å². The molecule has 1 atom stereocenters. The molecule has 0 radical (unpaired) electrons. The van der Waals surface area contributed by atoms with Gasteiger partial charge >= 0.3 is 5.97 Å².